The lowest BCUT2D eigenvalue weighted by molar-refractivity contribution is -0.126. The third-order valence-electron chi connectivity index (χ3n) is 5.78. The number of halogens is 1. The summed E-state index contributed by atoms with van der Waals surface area (Å²) in [5, 5.41) is 3.04. The number of carbonyl (C=O) groups excluding carboxylic acids is 1. The van der Waals surface area contributed by atoms with E-state index >= 15 is 0 Å². The lowest BCUT2D eigenvalue weighted by Gasteiger charge is -2.27. The van der Waals surface area contributed by atoms with E-state index in [0.29, 0.717) is 18.0 Å². The molecule has 3 rings (SSSR count). The minimum atomic E-state index is -0.210. The number of carbonyl (C=O) groups is 1. The van der Waals surface area contributed by atoms with Gasteiger partial charge in [-0.25, -0.2) is 4.39 Å². The second-order valence-corrected chi connectivity index (χ2v) is 7.88. The van der Waals surface area contributed by atoms with Crippen molar-refractivity contribution in [3.8, 4) is 11.5 Å². The largest absolute Gasteiger partial charge is 0.493 e. The quantitative estimate of drug-likeness (QED) is 0.699. The molecule has 2 aromatic rings. The number of amides is 1. The molecule has 0 aliphatic carbocycles. The molecule has 1 saturated heterocycles. The molecule has 1 N–H and O–H groups in total. The van der Waals surface area contributed by atoms with Crippen LogP contribution >= 0.6 is 0 Å². The lowest BCUT2D eigenvalue weighted by Crippen LogP contribution is -2.46. The highest BCUT2D eigenvalue weighted by Crippen LogP contribution is 2.27. The Morgan fingerprint density at radius 2 is 1.71 bits per heavy atom. The molecule has 1 aliphatic heterocycles. The Labute approximate surface area is 183 Å². The van der Waals surface area contributed by atoms with Gasteiger partial charge >= 0.3 is 0 Å². The van der Waals surface area contributed by atoms with Crippen molar-refractivity contribution in [1.82, 2.24) is 15.1 Å². The summed E-state index contributed by atoms with van der Waals surface area (Å²) in [4.78, 5) is 17.3. The third-order valence-corrected chi connectivity index (χ3v) is 5.78. The molecule has 1 fully saturated rings. The van der Waals surface area contributed by atoms with Gasteiger partial charge < -0.3 is 14.8 Å². The fourth-order valence-corrected chi connectivity index (χ4v) is 3.88. The van der Waals surface area contributed by atoms with Gasteiger partial charge in [0.15, 0.2) is 11.5 Å². The van der Waals surface area contributed by atoms with E-state index in [1.807, 2.05) is 37.3 Å². The first kappa shape index (κ1) is 23.0. The summed E-state index contributed by atoms with van der Waals surface area (Å²) in [6.45, 7) is 6.75. The predicted octanol–water partition coefficient (Wildman–Crippen LogP) is 3.06. The van der Waals surface area contributed by atoms with Crippen LogP contribution in [0, 0.1) is 5.82 Å². The molecular weight excluding hydrogens is 397 g/mol. The summed E-state index contributed by atoms with van der Waals surface area (Å²) in [6.07, 6.45) is 0.995. The average Bonchev–Trinajstić information content (AvgIpc) is 3.03. The first-order valence-electron chi connectivity index (χ1n) is 10.7. The number of hydrogen-bond acceptors (Lipinski definition) is 5. The molecule has 2 aromatic carbocycles. The van der Waals surface area contributed by atoms with E-state index in [4.69, 9.17) is 9.47 Å². The maximum absolute atomic E-state index is 13.1. The van der Waals surface area contributed by atoms with Gasteiger partial charge in [0.2, 0.25) is 5.91 Å². The second kappa shape index (κ2) is 11.1. The van der Waals surface area contributed by atoms with Crippen molar-refractivity contribution in [3.63, 3.8) is 0 Å². The van der Waals surface area contributed by atoms with E-state index < -0.39 is 0 Å². The smallest absolute Gasteiger partial charge is 0.237 e. The Morgan fingerprint density at radius 3 is 2.42 bits per heavy atom. The Bertz CT molecular complexity index is 860. The van der Waals surface area contributed by atoms with Gasteiger partial charge in [0.25, 0.3) is 0 Å². The Balaban J connectivity index is 1.49. The number of methoxy groups -OCH3 is 2. The highest BCUT2D eigenvalue weighted by Gasteiger charge is 2.24. The van der Waals surface area contributed by atoms with Crippen LogP contribution in [0.25, 0.3) is 0 Å². The maximum Gasteiger partial charge on any atom is 0.237 e. The first-order valence-corrected chi connectivity index (χ1v) is 10.7. The van der Waals surface area contributed by atoms with Crippen molar-refractivity contribution in [1.29, 1.82) is 0 Å². The molecule has 1 heterocycles. The molecule has 0 aromatic heterocycles. The van der Waals surface area contributed by atoms with Gasteiger partial charge in [0.1, 0.15) is 5.82 Å². The van der Waals surface area contributed by atoms with E-state index in [1.54, 1.807) is 14.2 Å². The molecule has 1 amide bonds. The highest BCUT2D eigenvalue weighted by atomic mass is 19.1. The van der Waals surface area contributed by atoms with Crippen LogP contribution in [-0.2, 0) is 17.9 Å². The SMILES string of the molecule is COc1ccc(CNC(=O)[C@H](C)N2CCCN(Cc3ccc(F)cc3)CC2)cc1OC. The van der Waals surface area contributed by atoms with Crippen molar-refractivity contribution in [2.75, 3.05) is 40.4 Å². The molecule has 31 heavy (non-hydrogen) atoms. The fourth-order valence-electron chi connectivity index (χ4n) is 3.88. The maximum atomic E-state index is 13.1. The summed E-state index contributed by atoms with van der Waals surface area (Å²) < 4.78 is 23.7. The number of nitrogens with zero attached hydrogens (tertiary/aromatic N) is 2. The van der Waals surface area contributed by atoms with Gasteiger partial charge in [-0.3, -0.25) is 14.6 Å². The molecule has 168 valence electrons. The zero-order valence-electron chi connectivity index (χ0n) is 18.6. The van der Waals surface area contributed by atoms with Crippen LogP contribution in [-0.4, -0.2) is 62.1 Å². The van der Waals surface area contributed by atoms with Gasteiger partial charge in [-0.05, 0) is 55.3 Å². The number of nitrogens with one attached hydrogen (secondary N) is 1. The molecule has 0 radical (unpaired) electrons. The normalized spacial score (nSPS) is 16.4. The number of hydrogen-bond donors (Lipinski definition) is 1. The summed E-state index contributed by atoms with van der Waals surface area (Å²) >= 11 is 0. The van der Waals surface area contributed by atoms with E-state index in [0.717, 1.165) is 50.3 Å². The van der Waals surface area contributed by atoms with Crippen LogP contribution in [0.2, 0.25) is 0 Å². The van der Waals surface area contributed by atoms with E-state index in [-0.39, 0.29) is 17.8 Å². The second-order valence-electron chi connectivity index (χ2n) is 7.88. The zero-order valence-corrected chi connectivity index (χ0v) is 18.6. The van der Waals surface area contributed by atoms with Gasteiger partial charge in [-0.2, -0.15) is 0 Å². The molecule has 0 saturated carbocycles. The van der Waals surface area contributed by atoms with Crippen LogP contribution in [0.5, 0.6) is 11.5 Å². The molecule has 6 nitrogen and oxygen atoms in total. The third kappa shape index (κ3) is 6.42. The highest BCUT2D eigenvalue weighted by molar-refractivity contribution is 5.81. The average molecular weight is 430 g/mol. The summed E-state index contributed by atoms with van der Waals surface area (Å²) in [6, 6.07) is 12.1. The molecule has 0 bridgehead atoms. The molecule has 1 aliphatic rings. The van der Waals surface area contributed by atoms with Gasteiger partial charge in [0.05, 0.1) is 20.3 Å². The standard InChI is InChI=1S/C24H32FN3O3/c1-18(24(29)26-16-20-7-10-22(30-2)23(15-20)31-3)28-12-4-11-27(13-14-28)17-19-5-8-21(25)9-6-19/h5-10,15,18H,4,11-14,16-17H2,1-3H3,(H,26,29)/t18-/m0/s1. The monoisotopic (exact) mass is 429 g/mol. The number of benzene rings is 2. The van der Waals surface area contributed by atoms with E-state index in [2.05, 4.69) is 15.1 Å². The van der Waals surface area contributed by atoms with Crippen molar-refractivity contribution in [2.24, 2.45) is 0 Å². The molecule has 1 atom stereocenters. The van der Waals surface area contributed by atoms with E-state index in [1.165, 1.54) is 12.1 Å². The fraction of sp³-hybridized carbons (Fsp3) is 0.458. The van der Waals surface area contributed by atoms with Crippen molar-refractivity contribution >= 4 is 5.91 Å². The molecule has 0 unspecified atom stereocenters. The van der Waals surface area contributed by atoms with Crippen LogP contribution in [0.4, 0.5) is 4.39 Å². The Morgan fingerprint density at radius 1 is 1.00 bits per heavy atom. The van der Waals surface area contributed by atoms with Crippen LogP contribution in [0.1, 0.15) is 24.5 Å². The first-order chi connectivity index (χ1) is 15.0. The van der Waals surface area contributed by atoms with Gasteiger partial charge in [0, 0.05) is 32.7 Å². The lowest BCUT2D eigenvalue weighted by atomic mass is 10.2. The number of ether oxygens (including phenoxy) is 2. The van der Waals surface area contributed by atoms with Gasteiger partial charge in [-0.1, -0.05) is 18.2 Å². The summed E-state index contributed by atoms with van der Waals surface area (Å²) in [5.74, 6) is 1.12. The van der Waals surface area contributed by atoms with Gasteiger partial charge in [-0.15, -0.1) is 0 Å². The van der Waals surface area contributed by atoms with Crippen molar-refractivity contribution in [3.05, 3.63) is 59.4 Å². The van der Waals surface area contributed by atoms with Crippen molar-refractivity contribution in [2.45, 2.75) is 32.5 Å². The minimum absolute atomic E-state index is 0.0155. The predicted molar refractivity (Wildman–Crippen MR) is 119 cm³/mol. The zero-order chi connectivity index (χ0) is 22.2. The molecule has 7 heteroatoms. The minimum Gasteiger partial charge on any atom is -0.493 e. The van der Waals surface area contributed by atoms with E-state index in [9.17, 15) is 9.18 Å². The van der Waals surface area contributed by atoms with Crippen LogP contribution in [0.3, 0.4) is 0 Å². The summed E-state index contributed by atoms with van der Waals surface area (Å²) in [7, 11) is 3.20. The Kier molecular flexibility index (Phi) is 8.26. The summed E-state index contributed by atoms with van der Waals surface area (Å²) in [5.41, 5.74) is 2.06. The number of rotatable bonds is 8. The Hall–Kier alpha value is -2.64. The van der Waals surface area contributed by atoms with Crippen LogP contribution in [0.15, 0.2) is 42.5 Å². The topological polar surface area (TPSA) is 54.0 Å². The van der Waals surface area contributed by atoms with Crippen LogP contribution < -0.4 is 14.8 Å². The van der Waals surface area contributed by atoms with Crippen molar-refractivity contribution < 1.29 is 18.7 Å². The molecule has 0 spiro atoms. The molecular formula is C24H32FN3O3.